The molecule has 10 aromatic carbocycles. The Morgan fingerprint density at radius 3 is 1.66 bits per heavy atom. The predicted octanol–water partition coefficient (Wildman–Crippen LogP) is 12.9. The van der Waals surface area contributed by atoms with Gasteiger partial charge in [0.1, 0.15) is 34.2 Å². The molecule has 0 radical (unpaired) electrons. The smallest absolute Gasteiger partial charge is 0.266 e. The number of nitrogens with zero attached hydrogens (tertiary/aromatic N) is 1. The Balaban J connectivity index is 1.05. The molecule has 3 aliphatic heterocycles. The van der Waals surface area contributed by atoms with Crippen LogP contribution in [0.2, 0.25) is 0 Å². The van der Waals surface area contributed by atoms with Crippen molar-refractivity contribution in [2.24, 2.45) is 0 Å². The SMILES string of the molecule is c1ccc(N2c3cccc4c3B3c5c(cccc5Oc5cc(-c6c7ccccc7c(-c7ccc8oc9cc%10ccccc%10cc9c8c7)c7ccccc67)cc2c53)O4)cc1. The third-order valence-corrected chi connectivity index (χ3v) is 12.8. The summed E-state index contributed by atoms with van der Waals surface area (Å²) in [6.07, 6.45) is 0. The van der Waals surface area contributed by atoms with Crippen molar-refractivity contribution < 1.29 is 13.9 Å². The quantitative estimate of drug-likeness (QED) is 0.133. The topological polar surface area (TPSA) is 34.8 Å². The van der Waals surface area contributed by atoms with Crippen molar-refractivity contribution >= 4 is 94.4 Å². The Kier molecular flexibility index (Phi) is 6.07. The Bertz CT molecular complexity index is 3590. The van der Waals surface area contributed by atoms with E-state index in [2.05, 4.69) is 181 Å². The summed E-state index contributed by atoms with van der Waals surface area (Å²) >= 11 is 0. The molecule has 0 N–H and O–H groups in total. The molecule has 0 atom stereocenters. The first-order chi connectivity index (χ1) is 29.2. The molecule has 5 heteroatoms. The first-order valence-corrected chi connectivity index (χ1v) is 20.2. The van der Waals surface area contributed by atoms with Gasteiger partial charge in [-0.2, -0.15) is 0 Å². The van der Waals surface area contributed by atoms with Crippen LogP contribution in [0.3, 0.4) is 0 Å². The Morgan fingerprint density at radius 2 is 0.932 bits per heavy atom. The van der Waals surface area contributed by atoms with Crippen LogP contribution in [-0.4, -0.2) is 6.71 Å². The molecule has 1 aromatic heterocycles. The van der Waals surface area contributed by atoms with Gasteiger partial charge in [-0.3, -0.25) is 0 Å². The lowest BCUT2D eigenvalue weighted by molar-refractivity contribution is 0.464. The van der Waals surface area contributed by atoms with E-state index in [4.69, 9.17) is 13.9 Å². The van der Waals surface area contributed by atoms with E-state index in [1.807, 2.05) is 6.07 Å². The Hall–Kier alpha value is -7.76. The lowest BCUT2D eigenvalue weighted by atomic mass is 9.33. The van der Waals surface area contributed by atoms with Crippen LogP contribution >= 0.6 is 0 Å². The zero-order valence-corrected chi connectivity index (χ0v) is 31.6. The summed E-state index contributed by atoms with van der Waals surface area (Å²) in [5.74, 6) is 3.46. The van der Waals surface area contributed by atoms with Crippen molar-refractivity contribution in [3.63, 3.8) is 0 Å². The highest BCUT2D eigenvalue weighted by molar-refractivity contribution is 7.00. The van der Waals surface area contributed by atoms with E-state index in [0.29, 0.717) is 0 Å². The fraction of sp³-hybridized carbons (Fsp3) is 0. The highest BCUT2D eigenvalue weighted by Crippen LogP contribution is 2.50. The first-order valence-electron chi connectivity index (χ1n) is 20.2. The number of hydrogen-bond donors (Lipinski definition) is 0. The molecule has 14 rings (SSSR count). The standard InChI is InChI=1S/C54H30BNO3/c1-2-14-35(15-3-1)56-42-20-10-21-45-52(42)55-53-43(56)28-34(30-49(53)59-47-23-11-22-46(58-45)54(47)55)51-38-18-8-6-16-36(38)50(37-17-7-9-19-39(37)51)33-24-25-44-40(27-33)41-26-31-12-4-5-13-32(31)29-48(41)57-44/h1-30H. The van der Waals surface area contributed by atoms with Gasteiger partial charge in [0.25, 0.3) is 6.71 Å². The minimum atomic E-state index is -0.0170. The van der Waals surface area contributed by atoms with Gasteiger partial charge in [-0.05, 0) is 138 Å². The van der Waals surface area contributed by atoms with Crippen LogP contribution in [0.25, 0.3) is 76.5 Å². The molecule has 0 unspecified atom stereocenters. The van der Waals surface area contributed by atoms with Gasteiger partial charge in [-0.25, -0.2) is 0 Å². The normalized spacial score (nSPS) is 13.3. The summed E-state index contributed by atoms with van der Waals surface area (Å²) in [7, 11) is 0. The summed E-state index contributed by atoms with van der Waals surface area (Å²) in [6.45, 7) is -0.0170. The molecular formula is C54H30BNO3. The number of hydrogen-bond acceptors (Lipinski definition) is 4. The average molecular weight is 752 g/mol. The molecule has 59 heavy (non-hydrogen) atoms. The van der Waals surface area contributed by atoms with E-state index in [1.54, 1.807) is 0 Å². The summed E-state index contributed by atoms with van der Waals surface area (Å²) in [5, 5.41) is 9.39. The lowest BCUT2D eigenvalue weighted by Crippen LogP contribution is -2.61. The van der Waals surface area contributed by atoms with Crippen molar-refractivity contribution in [2.45, 2.75) is 0 Å². The number of anilines is 3. The van der Waals surface area contributed by atoms with Crippen LogP contribution in [0, 0.1) is 0 Å². The third kappa shape index (κ3) is 4.23. The van der Waals surface area contributed by atoms with Gasteiger partial charge in [0.05, 0.1) is 0 Å². The van der Waals surface area contributed by atoms with Gasteiger partial charge in [-0.15, -0.1) is 0 Å². The largest absolute Gasteiger partial charge is 0.458 e. The van der Waals surface area contributed by atoms with Crippen LogP contribution < -0.4 is 30.8 Å². The molecule has 0 amide bonds. The van der Waals surface area contributed by atoms with E-state index >= 15 is 0 Å². The second-order valence-electron chi connectivity index (χ2n) is 15.9. The average Bonchev–Trinajstić information content (AvgIpc) is 3.64. The highest BCUT2D eigenvalue weighted by Gasteiger charge is 2.47. The molecule has 0 fully saturated rings. The van der Waals surface area contributed by atoms with Crippen LogP contribution in [-0.2, 0) is 0 Å². The second kappa shape index (κ2) is 11.4. The monoisotopic (exact) mass is 751 g/mol. The molecule has 3 aliphatic rings. The van der Waals surface area contributed by atoms with Crippen molar-refractivity contribution in [3.8, 4) is 45.3 Å². The maximum Gasteiger partial charge on any atom is 0.266 e. The van der Waals surface area contributed by atoms with Gasteiger partial charge in [0.15, 0.2) is 0 Å². The molecule has 0 saturated heterocycles. The number of furan rings is 1. The minimum absolute atomic E-state index is 0.0170. The number of fused-ring (bicyclic) bond motifs is 6. The van der Waals surface area contributed by atoms with Crippen LogP contribution in [0.1, 0.15) is 0 Å². The van der Waals surface area contributed by atoms with E-state index < -0.39 is 0 Å². The molecule has 0 aliphatic carbocycles. The number of ether oxygens (including phenoxy) is 2. The van der Waals surface area contributed by atoms with E-state index in [9.17, 15) is 0 Å². The van der Waals surface area contributed by atoms with E-state index in [1.165, 1.54) is 54.4 Å². The first kappa shape index (κ1) is 31.3. The molecule has 11 aromatic rings. The number of benzene rings is 10. The Labute approximate surface area is 339 Å². The van der Waals surface area contributed by atoms with Crippen LogP contribution in [0.5, 0.6) is 23.0 Å². The van der Waals surface area contributed by atoms with Crippen LogP contribution in [0.15, 0.2) is 186 Å². The molecule has 0 spiro atoms. The van der Waals surface area contributed by atoms with Gasteiger partial charge in [0.2, 0.25) is 0 Å². The van der Waals surface area contributed by atoms with Crippen molar-refractivity contribution in [1.29, 1.82) is 0 Å². The summed E-state index contributed by atoms with van der Waals surface area (Å²) in [5.41, 5.74) is 13.2. The van der Waals surface area contributed by atoms with Crippen molar-refractivity contribution in [2.75, 3.05) is 4.90 Å². The Morgan fingerprint density at radius 1 is 0.356 bits per heavy atom. The highest BCUT2D eigenvalue weighted by atomic mass is 16.5. The minimum Gasteiger partial charge on any atom is -0.458 e. The molecule has 0 saturated carbocycles. The molecule has 0 bridgehead atoms. The molecular weight excluding hydrogens is 721 g/mol. The summed E-state index contributed by atoms with van der Waals surface area (Å²) < 4.78 is 20.1. The lowest BCUT2D eigenvalue weighted by Gasteiger charge is -2.43. The third-order valence-electron chi connectivity index (χ3n) is 12.8. The van der Waals surface area contributed by atoms with Gasteiger partial charge in [0, 0.05) is 33.3 Å². The second-order valence-corrected chi connectivity index (χ2v) is 15.9. The van der Waals surface area contributed by atoms with Gasteiger partial charge in [-0.1, -0.05) is 109 Å². The van der Waals surface area contributed by atoms with E-state index in [-0.39, 0.29) is 6.71 Å². The van der Waals surface area contributed by atoms with Gasteiger partial charge >= 0.3 is 0 Å². The fourth-order valence-electron chi connectivity index (χ4n) is 10.4. The maximum atomic E-state index is 6.99. The summed E-state index contributed by atoms with van der Waals surface area (Å²) in [4.78, 5) is 2.40. The zero-order valence-electron chi connectivity index (χ0n) is 31.6. The van der Waals surface area contributed by atoms with Gasteiger partial charge < -0.3 is 18.8 Å². The van der Waals surface area contributed by atoms with Crippen LogP contribution in [0.4, 0.5) is 17.1 Å². The number of rotatable bonds is 3. The zero-order chi connectivity index (χ0) is 38.3. The molecule has 4 heterocycles. The molecule has 272 valence electrons. The van der Waals surface area contributed by atoms with Crippen molar-refractivity contribution in [3.05, 3.63) is 182 Å². The number of para-hydroxylation sites is 1. The van der Waals surface area contributed by atoms with E-state index in [0.717, 1.165) is 78.6 Å². The fourth-order valence-corrected chi connectivity index (χ4v) is 10.4. The summed E-state index contributed by atoms with van der Waals surface area (Å²) in [6, 6.07) is 65.3. The molecule has 4 nitrogen and oxygen atoms in total. The predicted molar refractivity (Wildman–Crippen MR) is 243 cm³/mol. The maximum absolute atomic E-state index is 6.99. The van der Waals surface area contributed by atoms with Crippen molar-refractivity contribution in [1.82, 2.24) is 0 Å².